The lowest BCUT2D eigenvalue weighted by Gasteiger charge is -2.17. The molecule has 1 aliphatic carbocycles. The van der Waals surface area contributed by atoms with E-state index in [4.69, 9.17) is 0 Å². The van der Waals surface area contributed by atoms with Gasteiger partial charge in [0.25, 0.3) is 0 Å². The zero-order chi connectivity index (χ0) is 19.8. The number of benzene rings is 2. The minimum Gasteiger partial charge on any atom is -0.308 e. The van der Waals surface area contributed by atoms with Crippen LogP contribution in [0.3, 0.4) is 0 Å². The van der Waals surface area contributed by atoms with Gasteiger partial charge in [-0.1, -0.05) is 18.2 Å². The van der Waals surface area contributed by atoms with E-state index in [1.807, 2.05) is 12.1 Å². The molecule has 0 saturated heterocycles. The Morgan fingerprint density at radius 2 is 1.48 bits per heavy atom. The number of anilines is 2. The van der Waals surface area contributed by atoms with Gasteiger partial charge in [-0.3, -0.25) is 0 Å². The van der Waals surface area contributed by atoms with Crippen LogP contribution < -0.4 is 10.6 Å². The van der Waals surface area contributed by atoms with Crippen molar-refractivity contribution in [2.75, 3.05) is 10.6 Å². The number of urea groups is 1. The minimum absolute atomic E-state index is 0.273. The summed E-state index contributed by atoms with van der Waals surface area (Å²) in [5, 5.41) is 4.68. The molecular formula is C18H14F6N2O. The summed E-state index contributed by atoms with van der Waals surface area (Å²) in [7, 11) is 0. The van der Waals surface area contributed by atoms with Gasteiger partial charge in [-0.15, -0.1) is 0 Å². The average molecular weight is 388 g/mol. The molecule has 2 aromatic carbocycles. The van der Waals surface area contributed by atoms with Gasteiger partial charge >= 0.3 is 18.4 Å². The third-order valence-corrected chi connectivity index (χ3v) is 4.11. The fourth-order valence-electron chi connectivity index (χ4n) is 2.75. The molecule has 0 radical (unpaired) electrons. The molecular weight excluding hydrogens is 374 g/mol. The van der Waals surface area contributed by atoms with Crippen LogP contribution in [0.25, 0.3) is 0 Å². The summed E-state index contributed by atoms with van der Waals surface area (Å²) >= 11 is 0. The lowest BCUT2D eigenvalue weighted by Crippen LogP contribution is -2.22. The van der Waals surface area contributed by atoms with Crippen molar-refractivity contribution in [1.29, 1.82) is 0 Å². The number of para-hydroxylation sites is 1. The summed E-state index contributed by atoms with van der Waals surface area (Å²) in [6.45, 7) is 0. The Morgan fingerprint density at radius 1 is 0.852 bits per heavy atom. The average Bonchev–Trinajstić information content (AvgIpc) is 3.38. The maximum Gasteiger partial charge on any atom is 0.417 e. The molecule has 1 aliphatic rings. The molecule has 0 bridgehead atoms. The third kappa shape index (κ3) is 4.53. The van der Waals surface area contributed by atoms with E-state index in [2.05, 4.69) is 10.6 Å². The number of carbonyl (C=O) groups is 1. The highest BCUT2D eigenvalue weighted by Crippen LogP contribution is 2.43. The number of alkyl halides is 6. The van der Waals surface area contributed by atoms with Gasteiger partial charge in [-0.05, 0) is 48.6 Å². The predicted octanol–water partition coefficient (Wildman–Crippen LogP) is 6.25. The Hall–Kier alpha value is -2.71. The van der Waals surface area contributed by atoms with Crippen LogP contribution in [0.2, 0.25) is 0 Å². The van der Waals surface area contributed by atoms with E-state index in [0.29, 0.717) is 17.7 Å². The lowest BCUT2D eigenvalue weighted by atomic mass is 10.1. The van der Waals surface area contributed by atoms with Crippen molar-refractivity contribution in [3.05, 3.63) is 59.2 Å². The summed E-state index contributed by atoms with van der Waals surface area (Å²) in [5.74, 6) is 0.324. The summed E-state index contributed by atoms with van der Waals surface area (Å²) in [6.07, 6.45) is -8.41. The van der Waals surface area contributed by atoms with Crippen molar-refractivity contribution in [2.24, 2.45) is 0 Å². The first-order chi connectivity index (χ1) is 12.6. The molecule has 27 heavy (non-hydrogen) atoms. The van der Waals surface area contributed by atoms with Crippen LogP contribution in [0, 0.1) is 0 Å². The molecule has 2 amide bonds. The van der Waals surface area contributed by atoms with Crippen molar-refractivity contribution < 1.29 is 31.1 Å². The Balaban J connectivity index is 1.80. The molecule has 144 valence electrons. The van der Waals surface area contributed by atoms with E-state index in [-0.39, 0.29) is 6.07 Å². The zero-order valence-corrected chi connectivity index (χ0v) is 13.7. The third-order valence-electron chi connectivity index (χ3n) is 4.11. The van der Waals surface area contributed by atoms with Crippen molar-refractivity contribution in [3.8, 4) is 0 Å². The van der Waals surface area contributed by atoms with Gasteiger partial charge in [-0.25, -0.2) is 4.79 Å². The van der Waals surface area contributed by atoms with Crippen LogP contribution in [0.5, 0.6) is 0 Å². The van der Waals surface area contributed by atoms with Crippen LogP contribution >= 0.6 is 0 Å². The first-order valence-electron chi connectivity index (χ1n) is 8.01. The van der Waals surface area contributed by atoms with Crippen LogP contribution in [0.4, 0.5) is 42.5 Å². The lowest BCUT2D eigenvalue weighted by molar-refractivity contribution is -0.162. The molecule has 0 aromatic heterocycles. The number of nitrogens with one attached hydrogen (secondary N) is 2. The number of halogens is 6. The van der Waals surface area contributed by atoms with Gasteiger partial charge < -0.3 is 10.6 Å². The molecule has 1 saturated carbocycles. The van der Waals surface area contributed by atoms with Gasteiger partial charge in [0.05, 0.1) is 11.1 Å². The molecule has 3 nitrogen and oxygen atoms in total. The fraction of sp³-hybridized carbons (Fsp3) is 0.278. The first-order valence-corrected chi connectivity index (χ1v) is 8.01. The summed E-state index contributed by atoms with van der Waals surface area (Å²) in [6, 6.07) is 7.52. The molecule has 0 spiro atoms. The van der Waals surface area contributed by atoms with Gasteiger partial charge in [0.15, 0.2) is 0 Å². The van der Waals surface area contributed by atoms with E-state index in [1.165, 1.54) is 0 Å². The standard InChI is InChI=1S/C18H14F6N2O/c19-17(20,21)13-8-7-11(9-14(13)18(22,23)24)25-16(27)26-15-4-2-1-3-12(15)10-5-6-10/h1-4,7-10H,5-6H2,(H2,25,26,27). The summed E-state index contributed by atoms with van der Waals surface area (Å²) < 4.78 is 77.3. The second kappa shape index (κ2) is 6.79. The highest BCUT2D eigenvalue weighted by molar-refractivity contribution is 6.00. The molecule has 2 N–H and O–H groups in total. The normalized spacial score (nSPS) is 14.7. The molecule has 0 unspecified atom stereocenters. The SMILES string of the molecule is O=C(Nc1ccc(C(F)(F)F)c(C(F)(F)F)c1)Nc1ccccc1C1CC1. The monoisotopic (exact) mass is 388 g/mol. The number of carbonyl (C=O) groups excluding carboxylic acids is 1. The fourth-order valence-corrected chi connectivity index (χ4v) is 2.75. The Morgan fingerprint density at radius 3 is 2.07 bits per heavy atom. The van der Waals surface area contributed by atoms with Crippen molar-refractivity contribution >= 4 is 17.4 Å². The molecule has 9 heteroatoms. The van der Waals surface area contributed by atoms with E-state index >= 15 is 0 Å². The van der Waals surface area contributed by atoms with Crippen LogP contribution in [0.15, 0.2) is 42.5 Å². The molecule has 3 rings (SSSR count). The maximum absolute atomic E-state index is 13.0. The van der Waals surface area contributed by atoms with Crippen molar-refractivity contribution in [2.45, 2.75) is 31.1 Å². The predicted molar refractivity (Wildman–Crippen MR) is 87.5 cm³/mol. The molecule has 2 aromatic rings. The largest absolute Gasteiger partial charge is 0.417 e. The molecule has 1 fully saturated rings. The second-order valence-corrected chi connectivity index (χ2v) is 6.20. The Labute approximate surface area is 150 Å². The van der Waals surface area contributed by atoms with Crippen LogP contribution in [0.1, 0.15) is 35.4 Å². The van der Waals surface area contributed by atoms with Gasteiger partial charge in [0.1, 0.15) is 0 Å². The zero-order valence-electron chi connectivity index (χ0n) is 13.7. The van der Waals surface area contributed by atoms with E-state index in [9.17, 15) is 31.1 Å². The van der Waals surface area contributed by atoms with Gasteiger partial charge in [0, 0.05) is 11.4 Å². The smallest absolute Gasteiger partial charge is 0.308 e. The first kappa shape index (κ1) is 19.1. The Kier molecular flexibility index (Phi) is 4.79. The summed E-state index contributed by atoms with van der Waals surface area (Å²) in [5.41, 5.74) is -2.63. The number of hydrogen-bond acceptors (Lipinski definition) is 1. The Bertz CT molecular complexity index is 856. The number of hydrogen-bond donors (Lipinski definition) is 2. The van der Waals surface area contributed by atoms with E-state index < -0.39 is 35.2 Å². The van der Waals surface area contributed by atoms with Crippen molar-refractivity contribution in [1.82, 2.24) is 0 Å². The topological polar surface area (TPSA) is 41.1 Å². The quantitative estimate of drug-likeness (QED) is 0.600. The second-order valence-electron chi connectivity index (χ2n) is 6.20. The van der Waals surface area contributed by atoms with Crippen molar-refractivity contribution in [3.63, 3.8) is 0 Å². The number of amides is 2. The highest BCUT2D eigenvalue weighted by Gasteiger charge is 2.43. The molecule has 0 aliphatic heterocycles. The number of rotatable bonds is 3. The van der Waals surface area contributed by atoms with E-state index in [0.717, 1.165) is 24.5 Å². The minimum atomic E-state index is -5.21. The van der Waals surface area contributed by atoms with Crippen LogP contribution in [-0.2, 0) is 12.4 Å². The highest BCUT2D eigenvalue weighted by atomic mass is 19.4. The summed E-state index contributed by atoms with van der Waals surface area (Å²) in [4.78, 5) is 12.1. The van der Waals surface area contributed by atoms with E-state index in [1.54, 1.807) is 12.1 Å². The molecule has 0 atom stereocenters. The maximum atomic E-state index is 13.0. The van der Waals surface area contributed by atoms with Gasteiger partial charge in [-0.2, -0.15) is 26.3 Å². The van der Waals surface area contributed by atoms with Gasteiger partial charge in [0.2, 0.25) is 0 Å². The van der Waals surface area contributed by atoms with Crippen LogP contribution in [-0.4, -0.2) is 6.03 Å². The molecule has 0 heterocycles.